The minimum Gasteiger partial charge on any atom is -0.348 e. The summed E-state index contributed by atoms with van der Waals surface area (Å²) in [5.74, 6) is 1.01. The first kappa shape index (κ1) is 16.5. The summed E-state index contributed by atoms with van der Waals surface area (Å²) in [6.07, 6.45) is 1.80. The molecule has 104 valence electrons. The van der Waals surface area contributed by atoms with Crippen LogP contribution in [0.25, 0.3) is 0 Å². The maximum absolute atomic E-state index is 11.7. The van der Waals surface area contributed by atoms with Crippen molar-refractivity contribution in [2.45, 2.75) is 40.5 Å². The van der Waals surface area contributed by atoms with Gasteiger partial charge in [-0.1, -0.05) is 37.9 Å². The molecule has 0 unspecified atom stereocenters. The third-order valence-corrected chi connectivity index (χ3v) is 2.46. The zero-order valence-corrected chi connectivity index (χ0v) is 11.7. The predicted octanol–water partition coefficient (Wildman–Crippen LogP) is 3.03. The van der Waals surface area contributed by atoms with Crippen LogP contribution >= 0.6 is 0 Å². The number of azo groups is 1. The zero-order valence-electron chi connectivity index (χ0n) is 11.7. The van der Waals surface area contributed by atoms with Gasteiger partial charge in [-0.05, 0) is 24.7 Å². The molecule has 4 amide bonds. The molecule has 0 aliphatic rings. The van der Waals surface area contributed by atoms with E-state index in [0.717, 1.165) is 12.8 Å². The summed E-state index contributed by atoms with van der Waals surface area (Å²) in [6, 6.07) is -1.44. The third kappa shape index (κ3) is 8.66. The van der Waals surface area contributed by atoms with E-state index in [9.17, 15) is 9.59 Å². The molecule has 2 N–H and O–H groups in total. The monoisotopic (exact) mass is 256 g/mol. The zero-order chi connectivity index (χ0) is 14.1. The van der Waals surface area contributed by atoms with Gasteiger partial charge in [0.05, 0.1) is 0 Å². The maximum atomic E-state index is 11.7. The Morgan fingerprint density at radius 1 is 1.00 bits per heavy atom. The van der Waals surface area contributed by atoms with Crippen LogP contribution in [0, 0.1) is 11.8 Å². The summed E-state index contributed by atoms with van der Waals surface area (Å²) < 4.78 is 0. The quantitative estimate of drug-likeness (QED) is 0.740. The molecule has 0 aromatic rings. The maximum Gasteiger partial charge on any atom is 0.362 e. The number of hydrogen-bond donors (Lipinski definition) is 1. The van der Waals surface area contributed by atoms with Gasteiger partial charge in [0.1, 0.15) is 0 Å². The SMILES string of the molecule is CC(C)CCN(CCC(C)C)C(=O)N=NC(N)=O. The first-order chi connectivity index (χ1) is 8.32. The van der Waals surface area contributed by atoms with Gasteiger partial charge in [-0.15, -0.1) is 0 Å². The Hall–Kier alpha value is -1.46. The van der Waals surface area contributed by atoms with Gasteiger partial charge in [0.2, 0.25) is 0 Å². The van der Waals surface area contributed by atoms with Crippen molar-refractivity contribution in [2.24, 2.45) is 27.8 Å². The highest BCUT2D eigenvalue weighted by Gasteiger charge is 2.14. The van der Waals surface area contributed by atoms with E-state index in [0.29, 0.717) is 24.9 Å². The number of carbonyl (C=O) groups is 2. The highest BCUT2D eigenvalue weighted by atomic mass is 16.2. The molecule has 6 nitrogen and oxygen atoms in total. The van der Waals surface area contributed by atoms with E-state index in [1.165, 1.54) is 0 Å². The summed E-state index contributed by atoms with van der Waals surface area (Å²) in [5.41, 5.74) is 4.82. The first-order valence-electron chi connectivity index (χ1n) is 6.33. The van der Waals surface area contributed by atoms with Gasteiger partial charge in [0.15, 0.2) is 0 Å². The van der Waals surface area contributed by atoms with Crippen molar-refractivity contribution in [1.29, 1.82) is 0 Å². The predicted molar refractivity (Wildman–Crippen MR) is 70.3 cm³/mol. The van der Waals surface area contributed by atoms with Crippen molar-refractivity contribution in [3.63, 3.8) is 0 Å². The highest BCUT2D eigenvalue weighted by molar-refractivity contribution is 5.78. The van der Waals surface area contributed by atoms with E-state index in [-0.39, 0.29) is 0 Å². The Balaban J connectivity index is 4.43. The van der Waals surface area contributed by atoms with Gasteiger partial charge in [-0.3, -0.25) is 0 Å². The number of rotatable bonds is 6. The Kier molecular flexibility index (Phi) is 7.91. The Bertz CT molecular complexity index is 288. The topological polar surface area (TPSA) is 88.1 Å². The lowest BCUT2D eigenvalue weighted by atomic mass is 10.1. The van der Waals surface area contributed by atoms with E-state index in [4.69, 9.17) is 5.73 Å². The molecular weight excluding hydrogens is 232 g/mol. The van der Waals surface area contributed by atoms with Gasteiger partial charge in [0.25, 0.3) is 0 Å². The second kappa shape index (κ2) is 8.60. The largest absolute Gasteiger partial charge is 0.362 e. The molecule has 0 fully saturated rings. The number of hydrogen-bond acceptors (Lipinski definition) is 2. The van der Waals surface area contributed by atoms with E-state index in [1.54, 1.807) is 4.90 Å². The second-order valence-electron chi connectivity index (χ2n) is 5.17. The van der Waals surface area contributed by atoms with Crippen LogP contribution in [0.1, 0.15) is 40.5 Å². The minimum atomic E-state index is -0.948. The van der Waals surface area contributed by atoms with Gasteiger partial charge in [0, 0.05) is 13.1 Å². The van der Waals surface area contributed by atoms with E-state index in [1.807, 2.05) is 0 Å². The summed E-state index contributed by atoms with van der Waals surface area (Å²) >= 11 is 0. The minimum absolute atomic E-state index is 0.491. The Labute approximate surface area is 109 Å². The fourth-order valence-corrected chi connectivity index (χ4v) is 1.29. The Morgan fingerprint density at radius 2 is 1.44 bits per heavy atom. The molecule has 6 heteroatoms. The van der Waals surface area contributed by atoms with E-state index >= 15 is 0 Å². The van der Waals surface area contributed by atoms with Crippen molar-refractivity contribution < 1.29 is 9.59 Å². The molecular formula is C12H24N4O2. The molecule has 0 heterocycles. The average molecular weight is 256 g/mol. The molecule has 0 spiro atoms. The van der Waals surface area contributed by atoms with Crippen LogP contribution in [-0.4, -0.2) is 30.1 Å². The lowest BCUT2D eigenvalue weighted by Gasteiger charge is -2.21. The second-order valence-corrected chi connectivity index (χ2v) is 5.17. The van der Waals surface area contributed by atoms with Crippen LogP contribution in [0.2, 0.25) is 0 Å². The third-order valence-electron chi connectivity index (χ3n) is 2.46. The smallest absolute Gasteiger partial charge is 0.348 e. The fourth-order valence-electron chi connectivity index (χ4n) is 1.29. The van der Waals surface area contributed by atoms with E-state index < -0.39 is 12.1 Å². The number of urea groups is 2. The summed E-state index contributed by atoms with van der Waals surface area (Å²) in [7, 11) is 0. The number of nitrogens with zero attached hydrogens (tertiary/aromatic N) is 3. The van der Waals surface area contributed by atoms with Crippen molar-refractivity contribution in [3.8, 4) is 0 Å². The molecule has 0 aromatic carbocycles. The molecule has 0 saturated carbocycles. The normalized spacial score (nSPS) is 11.4. The lowest BCUT2D eigenvalue weighted by Crippen LogP contribution is -2.32. The fraction of sp³-hybridized carbons (Fsp3) is 0.833. The number of amides is 4. The molecule has 0 radical (unpaired) electrons. The molecule has 0 bridgehead atoms. The molecule has 0 aliphatic heterocycles. The lowest BCUT2D eigenvalue weighted by molar-refractivity contribution is 0.199. The highest BCUT2D eigenvalue weighted by Crippen LogP contribution is 2.08. The number of primary amides is 1. The van der Waals surface area contributed by atoms with Crippen LogP contribution in [0.3, 0.4) is 0 Å². The first-order valence-corrected chi connectivity index (χ1v) is 6.33. The van der Waals surface area contributed by atoms with Gasteiger partial charge in [-0.2, -0.15) is 0 Å². The van der Waals surface area contributed by atoms with Crippen LogP contribution in [-0.2, 0) is 0 Å². The van der Waals surface area contributed by atoms with Gasteiger partial charge >= 0.3 is 12.1 Å². The average Bonchev–Trinajstić information content (AvgIpc) is 2.25. The summed E-state index contributed by atoms with van der Waals surface area (Å²) in [4.78, 5) is 23.8. The molecule has 0 aromatic heterocycles. The van der Waals surface area contributed by atoms with Crippen molar-refractivity contribution in [3.05, 3.63) is 0 Å². The summed E-state index contributed by atoms with van der Waals surface area (Å²) in [5, 5.41) is 6.39. The number of nitrogens with two attached hydrogens (primary N) is 1. The van der Waals surface area contributed by atoms with Crippen molar-refractivity contribution in [2.75, 3.05) is 13.1 Å². The molecule has 0 atom stereocenters. The van der Waals surface area contributed by atoms with Gasteiger partial charge < -0.3 is 10.6 Å². The van der Waals surface area contributed by atoms with Crippen LogP contribution in [0.15, 0.2) is 10.2 Å². The number of carbonyl (C=O) groups excluding carboxylic acids is 2. The molecule has 0 rings (SSSR count). The summed E-state index contributed by atoms with van der Waals surface area (Å²) in [6.45, 7) is 9.63. The molecule has 0 saturated heterocycles. The molecule has 18 heavy (non-hydrogen) atoms. The van der Waals surface area contributed by atoms with Gasteiger partial charge in [-0.25, -0.2) is 9.59 Å². The Morgan fingerprint density at radius 3 is 1.78 bits per heavy atom. The van der Waals surface area contributed by atoms with Crippen molar-refractivity contribution >= 4 is 12.1 Å². The molecule has 0 aliphatic carbocycles. The standard InChI is InChI=1S/C12H24N4O2/c1-9(2)5-7-16(8-6-10(3)4)12(18)15-14-11(13)17/h9-10H,5-8H2,1-4H3,(H2,13,17). The van der Waals surface area contributed by atoms with E-state index in [2.05, 4.69) is 37.9 Å². The van der Waals surface area contributed by atoms with Crippen LogP contribution in [0.4, 0.5) is 9.59 Å². The van der Waals surface area contributed by atoms with Crippen LogP contribution in [0.5, 0.6) is 0 Å². The van der Waals surface area contributed by atoms with Crippen LogP contribution < -0.4 is 5.73 Å². The van der Waals surface area contributed by atoms with Crippen molar-refractivity contribution in [1.82, 2.24) is 4.90 Å².